The van der Waals surface area contributed by atoms with Gasteiger partial charge in [-0.15, -0.1) is 0 Å². The molecule has 5 nitrogen and oxygen atoms in total. The summed E-state index contributed by atoms with van der Waals surface area (Å²) in [6, 6.07) is 0.834. The number of amides is 1. The van der Waals surface area contributed by atoms with Crippen LogP contribution in [0.15, 0.2) is 0 Å². The molecule has 0 aromatic carbocycles. The first-order valence-electron chi connectivity index (χ1n) is 3.95. The lowest BCUT2D eigenvalue weighted by atomic mass is 10.8. The summed E-state index contributed by atoms with van der Waals surface area (Å²) in [7, 11) is -1.21. The predicted molar refractivity (Wildman–Crippen MR) is 50.2 cm³/mol. The van der Waals surface area contributed by atoms with Crippen LogP contribution in [0.25, 0.3) is 0 Å². The number of nitrogens with two attached hydrogens (primary N) is 1. The standard InChI is InChI=1S/C7H15NO4Si/c1-13(2,3)5-4-11-7(10)12-6(8)9/h4-5H2,1-3H3,(H2,8,9). The molecule has 0 radical (unpaired) electrons. The van der Waals surface area contributed by atoms with Crippen LogP contribution in [0.5, 0.6) is 0 Å². The lowest BCUT2D eigenvalue weighted by Crippen LogP contribution is -2.24. The Kier molecular flexibility index (Phi) is 4.47. The number of ether oxygens (including phenoxy) is 2. The van der Waals surface area contributed by atoms with Crippen LogP contribution in [0.1, 0.15) is 0 Å². The molecule has 13 heavy (non-hydrogen) atoms. The Morgan fingerprint density at radius 2 is 1.85 bits per heavy atom. The van der Waals surface area contributed by atoms with Crippen molar-refractivity contribution in [1.82, 2.24) is 0 Å². The second-order valence-electron chi connectivity index (χ2n) is 3.83. The summed E-state index contributed by atoms with van der Waals surface area (Å²) in [6.45, 7) is 6.73. The van der Waals surface area contributed by atoms with Gasteiger partial charge in [-0.25, -0.2) is 9.59 Å². The number of rotatable bonds is 3. The summed E-state index contributed by atoms with van der Waals surface area (Å²) in [6.07, 6.45) is -2.16. The summed E-state index contributed by atoms with van der Waals surface area (Å²) < 4.78 is 8.56. The topological polar surface area (TPSA) is 78.6 Å². The first-order chi connectivity index (χ1) is 5.81. The Morgan fingerprint density at radius 1 is 1.31 bits per heavy atom. The van der Waals surface area contributed by atoms with Crippen molar-refractivity contribution >= 4 is 20.3 Å². The van der Waals surface area contributed by atoms with E-state index in [1.165, 1.54) is 0 Å². The Labute approximate surface area is 78.2 Å². The fraction of sp³-hybridized carbons (Fsp3) is 0.714. The molecule has 0 aliphatic carbocycles. The lowest BCUT2D eigenvalue weighted by molar-refractivity contribution is 0.0820. The van der Waals surface area contributed by atoms with Crippen LogP contribution in [0, 0.1) is 0 Å². The summed E-state index contributed by atoms with van der Waals surface area (Å²) in [4.78, 5) is 20.7. The van der Waals surface area contributed by atoms with Crippen molar-refractivity contribution < 1.29 is 19.1 Å². The second kappa shape index (κ2) is 4.86. The van der Waals surface area contributed by atoms with Crippen molar-refractivity contribution in [2.75, 3.05) is 6.61 Å². The van der Waals surface area contributed by atoms with Gasteiger partial charge in [0.05, 0.1) is 6.61 Å². The van der Waals surface area contributed by atoms with Gasteiger partial charge in [0.1, 0.15) is 0 Å². The monoisotopic (exact) mass is 205 g/mol. The lowest BCUT2D eigenvalue weighted by Gasteiger charge is -2.14. The van der Waals surface area contributed by atoms with E-state index >= 15 is 0 Å². The van der Waals surface area contributed by atoms with E-state index < -0.39 is 20.3 Å². The minimum absolute atomic E-state index is 0.280. The van der Waals surface area contributed by atoms with E-state index in [2.05, 4.69) is 34.8 Å². The molecule has 0 bridgehead atoms. The molecule has 0 aromatic rings. The molecule has 76 valence electrons. The van der Waals surface area contributed by atoms with Gasteiger partial charge in [0, 0.05) is 8.07 Å². The Bertz CT molecular complexity index is 199. The van der Waals surface area contributed by atoms with Crippen LogP contribution in [0.4, 0.5) is 9.59 Å². The zero-order valence-electron chi connectivity index (χ0n) is 8.12. The van der Waals surface area contributed by atoms with Crippen molar-refractivity contribution in [3.8, 4) is 0 Å². The third-order valence-electron chi connectivity index (χ3n) is 1.26. The molecule has 0 rings (SSSR count). The fourth-order valence-corrected chi connectivity index (χ4v) is 1.27. The average Bonchev–Trinajstić information content (AvgIpc) is 1.81. The smallest absolute Gasteiger partial charge is 0.434 e. The van der Waals surface area contributed by atoms with Crippen molar-refractivity contribution in [3.05, 3.63) is 0 Å². The predicted octanol–water partition coefficient (Wildman–Crippen LogP) is 1.56. The molecular weight excluding hydrogens is 190 g/mol. The Morgan fingerprint density at radius 3 is 2.23 bits per heavy atom. The number of hydrogen-bond donors (Lipinski definition) is 1. The minimum Gasteiger partial charge on any atom is -0.434 e. The van der Waals surface area contributed by atoms with Crippen molar-refractivity contribution in [2.45, 2.75) is 25.7 Å². The van der Waals surface area contributed by atoms with Crippen LogP contribution in [0.3, 0.4) is 0 Å². The van der Waals surface area contributed by atoms with Crippen LogP contribution in [-0.2, 0) is 9.47 Å². The second-order valence-corrected chi connectivity index (χ2v) is 9.45. The molecule has 0 saturated heterocycles. The molecule has 0 aromatic heterocycles. The molecule has 0 unspecified atom stereocenters. The summed E-state index contributed by atoms with van der Waals surface area (Å²) >= 11 is 0. The first-order valence-corrected chi connectivity index (χ1v) is 7.66. The third kappa shape index (κ3) is 8.87. The minimum atomic E-state index is -1.21. The van der Waals surface area contributed by atoms with Gasteiger partial charge in [-0.1, -0.05) is 19.6 Å². The Hall–Kier alpha value is -1.04. The summed E-state index contributed by atoms with van der Waals surface area (Å²) in [5.41, 5.74) is 4.60. The van der Waals surface area contributed by atoms with Crippen LogP contribution < -0.4 is 5.73 Å². The van der Waals surface area contributed by atoms with Gasteiger partial charge in [-0.3, -0.25) is 0 Å². The van der Waals surface area contributed by atoms with E-state index in [9.17, 15) is 9.59 Å². The van der Waals surface area contributed by atoms with Gasteiger partial charge in [0.2, 0.25) is 0 Å². The van der Waals surface area contributed by atoms with Crippen LogP contribution in [-0.4, -0.2) is 26.9 Å². The van der Waals surface area contributed by atoms with Crippen molar-refractivity contribution in [3.63, 3.8) is 0 Å². The van der Waals surface area contributed by atoms with E-state index in [-0.39, 0.29) is 6.61 Å². The van der Waals surface area contributed by atoms with Gasteiger partial charge in [0.15, 0.2) is 0 Å². The van der Waals surface area contributed by atoms with Gasteiger partial charge >= 0.3 is 12.2 Å². The molecule has 1 amide bonds. The summed E-state index contributed by atoms with van der Waals surface area (Å²) in [5.74, 6) is 0. The highest BCUT2D eigenvalue weighted by Crippen LogP contribution is 2.07. The van der Waals surface area contributed by atoms with E-state index in [0.717, 1.165) is 6.04 Å². The zero-order chi connectivity index (χ0) is 10.5. The van der Waals surface area contributed by atoms with E-state index in [4.69, 9.17) is 0 Å². The van der Waals surface area contributed by atoms with E-state index in [0.29, 0.717) is 0 Å². The average molecular weight is 205 g/mol. The molecule has 0 saturated carbocycles. The highest BCUT2D eigenvalue weighted by molar-refractivity contribution is 6.76. The molecule has 2 N–H and O–H groups in total. The zero-order valence-corrected chi connectivity index (χ0v) is 9.12. The normalized spacial score (nSPS) is 10.7. The molecule has 0 heterocycles. The fourth-order valence-electron chi connectivity index (χ4n) is 0.552. The van der Waals surface area contributed by atoms with Crippen LogP contribution in [0.2, 0.25) is 25.7 Å². The maximum atomic E-state index is 10.6. The molecule has 0 aliphatic rings. The molecule has 0 fully saturated rings. The van der Waals surface area contributed by atoms with Gasteiger partial charge < -0.3 is 15.2 Å². The number of hydrogen-bond acceptors (Lipinski definition) is 4. The van der Waals surface area contributed by atoms with Crippen molar-refractivity contribution in [1.29, 1.82) is 0 Å². The number of carbonyl (C=O) groups excluding carboxylic acids is 2. The Balaban J connectivity index is 3.54. The van der Waals surface area contributed by atoms with Gasteiger partial charge in [-0.2, -0.15) is 0 Å². The molecular formula is C7H15NO4Si. The van der Waals surface area contributed by atoms with Gasteiger partial charge in [0.25, 0.3) is 0 Å². The van der Waals surface area contributed by atoms with Crippen LogP contribution >= 0.6 is 0 Å². The van der Waals surface area contributed by atoms with E-state index in [1.54, 1.807) is 0 Å². The molecule has 0 spiro atoms. The highest BCUT2D eigenvalue weighted by Gasteiger charge is 2.14. The molecule has 0 atom stereocenters. The quantitative estimate of drug-likeness (QED) is 0.431. The SMILES string of the molecule is C[Si](C)(C)CCOC(=O)OC(N)=O. The van der Waals surface area contributed by atoms with E-state index in [1.807, 2.05) is 0 Å². The maximum Gasteiger partial charge on any atom is 0.517 e. The van der Waals surface area contributed by atoms with Gasteiger partial charge in [-0.05, 0) is 6.04 Å². The maximum absolute atomic E-state index is 10.6. The number of primary amides is 1. The van der Waals surface area contributed by atoms with Crippen molar-refractivity contribution in [2.24, 2.45) is 5.73 Å². The molecule has 6 heteroatoms. The summed E-state index contributed by atoms with van der Waals surface area (Å²) in [5, 5.41) is 0. The highest BCUT2D eigenvalue weighted by atomic mass is 28.3. The number of carbonyl (C=O) groups is 2. The largest absolute Gasteiger partial charge is 0.517 e. The molecule has 0 aliphatic heterocycles. The third-order valence-corrected chi connectivity index (χ3v) is 2.96. The first kappa shape index (κ1) is 12.0.